The summed E-state index contributed by atoms with van der Waals surface area (Å²) in [7, 11) is 0. The van der Waals surface area contributed by atoms with E-state index in [0.717, 1.165) is 23.7 Å². The number of azo groups is 1. The lowest BCUT2D eigenvalue weighted by atomic mass is 10.3. The summed E-state index contributed by atoms with van der Waals surface area (Å²) in [6, 6.07) is 17.2. The molecule has 1 heterocycles. The second-order valence-corrected chi connectivity index (χ2v) is 4.30. The van der Waals surface area contributed by atoms with Gasteiger partial charge >= 0.3 is 0 Å². The van der Waals surface area contributed by atoms with Crippen LogP contribution in [-0.4, -0.2) is 19.3 Å². The Bertz CT molecular complexity index is 548. The van der Waals surface area contributed by atoms with Gasteiger partial charge in [0.1, 0.15) is 18.5 Å². The fourth-order valence-electron chi connectivity index (χ4n) is 1.57. The molecule has 19 heavy (non-hydrogen) atoms. The first-order chi connectivity index (χ1) is 9.40. The lowest BCUT2D eigenvalue weighted by Crippen LogP contribution is -2.03. The van der Waals surface area contributed by atoms with Crippen LogP contribution in [0.3, 0.4) is 0 Å². The Morgan fingerprint density at radius 3 is 2.21 bits per heavy atom. The summed E-state index contributed by atoms with van der Waals surface area (Å²) in [5.74, 6) is 0.828. The van der Waals surface area contributed by atoms with Crippen molar-refractivity contribution < 1.29 is 9.47 Å². The van der Waals surface area contributed by atoms with Crippen molar-refractivity contribution in [1.82, 2.24) is 0 Å². The first kappa shape index (κ1) is 11.9. The zero-order valence-corrected chi connectivity index (χ0v) is 10.4. The average Bonchev–Trinajstić information content (AvgIpc) is 3.29. The van der Waals surface area contributed by atoms with Crippen LogP contribution in [0.1, 0.15) is 0 Å². The normalized spacial score (nSPS) is 17.6. The monoisotopic (exact) mass is 254 g/mol. The van der Waals surface area contributed by atoms with Crippen LogP contribution in [0.5, 0.6) is 5.75 Å². The number of ether oxygens (including phenoxy) is 2. The molecule has 1 saturated heterocycles. The molecule has 4 heteroatoms. The average molecular weight is 254 g/mol. The third kappa shape index (κ3) is 3.63. The second kappa shape index (κ2) is 5.63. The van der Waals surface area contributed by atoms with Crippen LogP contribution >= 0.6 is 0 Å². The molecule has 0 spiro atoms. The minimum Gasteiger partial charge on any atom is -0.491 e. The van der Waals surface area contributed by atoms with Crippen molar-refractivity contribution >= 4 is 11.4 Å². The molecule has 0 radical (unpaired) electrons. The number of benzene rings is 2. The smallest absolute Gasteiger partial charge is 0.119 e. The molecule has 96 valence electrons. The van der Waals surface area contributed by atoms with Crippen LogP contribution in [0.4, 0.5) is 11.4 Å². The Morgan fingerprint density at radius 2 is 1.58 bits per heavy atom. The van der Waals surface area contributed by atoms with E-state index < -0.39 is 0 Å². The first-order valence-electron chi connectivity index (χ1n) is 6.21. The van der Waals surface area contributed by atoms with E-state index in [-0.39, 0.29) is 6.10 Å². The number of epoxide rings is 1. The molecule has 1 aliphatic heterocycles. The molecule has 0 N–H and O–H groups in total. The van der Waals surface area contributed by atoms with Crippen LogP contribution in [0.15, 0.2) is 64.8 Å². The minimum atomic E-state index is 0.275. The van der Waals surface area contributed by atoms with Crippen LogP contribution in [-0.2, 0) is 4.74 Å². The van der Waals surface area contributed by atoms with E-state index in [1.807, 2.05) is 54.6 Å². The van der Waals surface area contributed by atoms with Crippen LogP contribution in [0.2, 0.25) is 0 Å². The van der Waals surface area contributed by atoms with Gasteiger partial charge in [-0.2, -0.15) is 10.2 Å². The van der Waals surface area contributed by atoms with Gasteiger partial charge in [0.05, 0.1) is 18.0 Å². The van der Waals surface area contributed by atoms with Gasteiger partial charge in [0.2, 0.25) is 0 Å². The summed E-state index contributed by atoms with van der Waals surface area (Å²) in [4.78, 5) is 0. The minimum absolute atomic E-state index is 0.275. The third-order valence-corrected chi connectivity index (χ3v) is 2.71. The van der Waals surface area contributed by atoms with E-state index in [9.17, 15) is 0 Å². The molecule has 4 nitrogen and oxygen atoms in total. The molecule has 1 aliphatic rings. The molecule has 2 aromatic rings. The largest absolute Gasteiger partial charge is 0.491 e. The van der Waals surface area contributed by atoms with E-state index in [4.69, 9.17) is 9.47 Å². The van der Waals surface area contributed by atoms with Gasteiger partial charge in [-0.15, -0.1) is 0 Å². The van der Waals surface area contributed by atoms with Crippen LogP contribution in [0.25, 0.3) is 0 Å². The molecular weight excluding hydrogens is 240 g/mol. The third-order valence-electron chi connectivity index (χ3n) is 2.71. The standard InChI is InChI=1S/C15H14N2O2/c1-2-4-12(5-3-1)16-17-13-6-8-14(9-7-13)18-10-15-11-19-15/h1-9,15H,10-11H2/b17-16+. The summed E-state index contributed by atoms with van der Waals surface area (Å²) in [5.41, 5.74) is 1.65. The molecule has 1 atom stereocenters. The van der Waals surface area contributed by atoms with Gasteiger partial charge in [0.15, 0.2) is 0 Å². The van der Waals surface area contributed by atoms with Crippen molar-refractivity contribution in [3.05, 3.63) is 54.6 Å². The van der Waals surface area contributed by atoms with Crippen LogP contribution in [0, 0.1) is 0 Å². The lowest BCUT2D eigenvalue weighted by Gasteiger charge is -2.03. The van der Waals surface area contributed by atoms with Gasteiger partial charge in [-0.05, 0) is 36.4 Å². The van der Waals surface area contributed by atoms with Gasteiger partial charge < -0.3 is 9.47 Å². The van der Waals surface area contributed by atoms with Crippen molar-refractivity contribution in [3.8, 4) is 5.75 Å². The van der Waals surface area contributed by atoms with E-state index >= 15 is 0 Å². The summed E-state index contributed by atoms with van der Waals surface area (Å²) in [6.07, 6.45) is 0.275. The van der Waals surface area contributed by atoms with Crippen molar-refractivity contribution in [2.75, 3.05) is 13.2 Å². The molecular formula is C15H14N2O2. The van der Waals surface area contributed by atoms with Crippen molar-refractivity contribution in [1.29, 1.82) is 0 Å². The Hall–Kier alpha value is -2.20. The van der Waals surface area contributed by atoms with Crippen molar-refractivity contribution in [2.24, 2.45) is 10.2 Å². The summed E-state index contributed by atoms with van der Waals surface area (Å²) in [6.45, 7) is 1.42. The van der Waals surface area contributed by atoms with Crippen molar-refractivity contribution in [3.63, 3.8) is 0 Å². The topological polar surface area (TPSA) is 46.5 Å². The fraction of sp³-hybridized carbons (Fsp3) is 0.200. The highest BCUT2D eigenvalue weighted by atomic mass is 16.6. The molecule has 2 aromatic carbocycles. The van der Waals surface area contributed by atoms with Gasteiger partial charge in [-0.25, -0.2) is 0 Å². The molecule has 1 fully saturated rings. The zero-order chi connectivity index (χ0) is 12.9. The maximum Gasteiger partial charge on any atom is 0.119 e. The molecule has 0 bridgehead atoms. The summed E-state index contributed by atoms with van der Waals surface area (Å²) < 4.78 is 10.6. The number of rotatable bonds is 5. The van der Waals surface area contributed by atoms with Crippen LogP contribution < -0.4 is 4.74 Å². The zero-order valence-electron chi connectivity index (χ0n) is 10.4. The quantitative estimate of drug-likeness (QED) is 0.600. The fourth-order valence-corrected chi connectivity index (χ4v) is 1.57. The molecule has 0 saturated carbocycles. The predicted octanol–water partition coefficient (Wildman–Crippen LogP) is 3.88. The van der Waals surface area contributed by atoms with Gasteiger partial charge in [-0.1, -0.05) is 18.2 Å². The maximum absolute atomic E-state index is 5.55. The number of nitrogens with zero attached hydrogens (tertiary/aromatic N) is 2. The Morgan fingerprint density at radius 1 is 0.947 bits per heavy atom. The summed E-state index contributed by atoms with van der Waals surface area (Å²) >= 11 is 0. The van der Waals surface area contributed by atoms with Gasteiger partial charge in [0.25, 0.3) is 0 Å². The Labute approximate surface area is 111 Å². The van der Waals surface area contributed by atoms with Crippen molar-refractivity contribution in [2.45, 2.75) is 6.10 Å². The SMILES string of the molecule is c1ccc(/N=N/c2ccc(OCC3CO3)cc2)cc1. The molecule has 0 aliphatic carbocycles. The molecule has 0 aromatic heterocycles. The van der Waals surface area contributed by atoms with E-state index in [1.54, 1.807) is 0 Å². The summed E-state index contributed by atoms with van der Waals surface area (Å²) in [5, 5.41) is 8.32. The van der Waals surface area contributed by atoms with Gasteiger partial charge in [-0.3, -0.25) is 0 Å². The van der Waals surface area contributed by atoms with E-state index in [1.165, 1.54) is 0 Å². The van der Waals surface area contributed by atoms with E-state index in [2.05, 4.69) is 10.2 Å². The highest BCUT2D eigenvalue weighted by Gasteiger charge is 2.22. The Balaban J connectivity index is 1.60. The lowest BCUT2D eigenvalue weighted by molar-refractivity contribution is 0.263. The molecule has 3 rings (SSSR count). The highest BCUT2D eigenvalue weighted by molar-refractivity contribution is 5.42. The molecule has 0 amide bonds. The maximum atomic E-state index is 5.55. The first-order valence-corrected chi connectivity index (χ1v) is 6.21. The second-order valence-electron chi connectivity index (χ2n) is 4.30. The van der Waals surface area contributed by atoms with E-state index in [0.29, 0.717) is 6.61 Å². The van der Waals surface area contributed by atoms with Gasteiger partial charge in [0, 0.05) is 0 Å². The molecule has 1 unspecified atom stereocenters. The highest BCUT2D eigenvalue weighted by Crippen LogP contribution is 2.21. The number of hydrogen-bond donors (Lipinski definition) is 0. The Kier molecular flexibility index (Phi) is 3.51. The predicted molar refractivity (Wildman–Crippen MR) is 72.3 cm³/mol. The number of hydrogen-bond acceptors (Lipinski definition) is 4.